The number of halogens is 4. The van der Waals surface area contributed by atoms with Crippen LogP contribution < -0.4 is 0 Å². The first-order valence-corrected chi connectivity index (χ1v) is 20.1. The fraction of sp³-hybridized carbons (Fsp3) is 0. The minimum Gasteiger partial charge on any atom is -0.0511 e. The van der Waals surface area contributed by atoms with Crippen molar-refractivity contribution in [2.75, 3.05) is 0 Å². The molecule has 0 amide bonds. The summed E-state index contributed by atoms with van der Waals surface area (Å²) < 4.78 is 0. The number of rotatable bonds is 3. The smallest absolute Gasteiger partial charge is 0.0511 e. The van der Waals surface area contributed by atoms with E-state index in [4.69, 9.17) is 38.6 Å². The zero-order valence-electron chi connectivity index (χ0n) is 12.7. The molecule has 0 fully saturated rings. The van der Waals surface area contributed by atoms with Gasteiger partial charge in [-0.25, -0.2) is 0 Å². The van der Waals surface area contributed by atoms with Crippen molar-refractivity contribution >= 4 is 49.6 Å². The first-order chi connectivity index (χ1) is 11.4. The molecule has 0 aliphatic carbocycles. The van der Waals surface area contributed by atoms with Crippen molar-refractivity contribution in [2.45, 2.75) is 0 Å². The summed E-state index contributed by atoms with van der Waals surface area (Å²) in [6.45, 7) is 0. The van der Waals surface area contributed by atoms with Crippen LogP contribution in [0.1, 0.15) is 16.7 Å². The molecule has 0 atom stereocenters. The van der Waals surface area contributed by atoms with E-state index in [1.54, 1.807) is 0 Å². The van der Waals surface area contributed by atoms with Crippen LogP contribution in [0.15, 0.2) is 91.0 Å². The van der Waals surface area contributed by atoms with Crippen molar-refractivity contribution in [3.05, 3.63) is 114 Å². The van der Waals surface area contributed by atoms with Crippen LogP contribution in [0.4, 0.5) is 0 Å². The molecule has 0 nitrogen and oxygen atoms in total. The Hall–Kier alpha value is -0.674. The van der Waals surface area contributed by atoms with E-state index < -0.39 is 11.0 Å². The molecule has 0 saturated heterocycles. The van der Waals surface area contributed by atoms with Crippen LogP contribution in [-0.2, 0) is 0 Å². The SMILES string of the molecule is [Cl][Ga-]([Cl])([Cl])[Cl].c1ccc([C+](c2ccccc2)c2ccccc2)cc1. The minimum absolute atomic E-state index is 1.25. The van der Waals surface area contributed by atoms with E-state index in [-0.39, 0.29) is 0 Å². The first kappa shape index (κ1) is 19.6. The zero-order chi connectivity index (χ0) is 17.4. The van der Waals surface area contributed by atoms with Gasteiger partial charge in [0.1, 0.15) is 0 Å². The van der Waals surface area contributed by atoms with Crippen molar-refractivity contribution < 1.29 is 0 Å². The molecule has 0 aliphatic heterocycles. The molecule has 122 valence electrons. The molecule has 0 heterocycles. The average Bonchev–Trinajstić information content (AvgIpc) is 2.57. The molecule has 0 N–H and O–H groups in total. The van der Waals surface area contributed by atoms with Crippen LogP contribution in [0.25, 0.3) is 0 Å². The number of hydrogen-bond donors (Lipinski definition) is 0. The van der Waals surface area contributed by atoms with E-state index in [0.29, 0.717) is 0 Å². The van der Waals surface area contributed by atoms with E-state index in [0.717, 1.165) is 0 Å². The van der Waals surface area contributed by atoms with Gasteiger partial charge in [0.05, 0.1) is 22.6 Å². The van der Waals surface area contributed by atoms with E-state index in [1.807, 2.05) is 0 Å². The fourth-order valence-corrected chi connectivity index (χ4v) is 2.31. The second-order valence-corrected chi connectivity index (χ2v) is 27.6. The van der Waals surface area contributed by atoms with E-state index >= 15 is 0 Å². The molecule has 3 aromatic rings. The summed E-state index contributed by atoms with van der Waals surface area (Å²) in [7, 11) is 20.1. The fourth-order valence-electron chi connectivity index (χ4n) is 2.31. The molecular weight excluding hydrogens is 440 g/mol. The Balaban J connectivity index is 0.000000368. The third-order valence-corrected chi connectivity index (χ3v) is 3.19. The average molecular weight is 455 g/mol. The first-order valence-electron chi connectivity index (χ1n) is 7.35. The van der Waals surface area contributed by atoms with Crippen LogP contribution in [0.2, 0.25) is 0 Å². The normalized spacial score (nSPS) is 10.5. The molecule has 3 aromatic carbocycles. The third kappa shape index (κ3) is 7.06. The summed E-state index contributed by atoms with van der Waals surface area (Å²) in [6.07, 6.45) is 0. The van der Waals surface area contributed by atoms with Gasteiger partial charge in [-0.05, 0) is 72.8 Å². The summed E-state index contributed by atoms with van der Waals surface area (Å²) in [6, 6.07) is 31.6. The Morgan fingerprint density at radius 2 is 0.667 bits per heavy atom. The maximum atomic E-state index is 5.03. The Morgan fingerprint density at radius 3 is 0.875 bits per heavy atom. The molecule has 0 bridgehead atoms. The summed E-state index contributed by atoms with van der Waals surface area (Å²) in [4.78, 5) is 0. The van der Waals surface area contributed by atoms with Crippen molar-refractivity contribution in [1.82, 2.24) is 0 Å². The van der Waals surface area contributed by atoms with E-state index in [1.165, 1.54) is 22.6 Å². The second-order valence-electron chi connectivity index (χ2n) is 4.97. The van der Waals surface area contributed by atoms with Gasteiger partial charge < -0.3 is 0 Å². The molecule has 5 heteroatoms. The number of benzene rings is 3. The molecule has 0 spiro atoms. The van der Waals surface area contributed by atoms with Gasteiger partial charge in [-0.2, -0.15) is 0 Å². The molecule has 0 saturated carbocycles. The van der Waals surface area contributed by atoms with Gasteiger partial charge in [0.25, 0.3) is 0 Å². The Labute approximate surface area is 162 Å². The molecule has 3 rings (SSSR count). The Kier molecular flexibility index (Phi) is 7.96. The van der Waals surface area contributed by atoms with Gasteiger partial charge in [-0.1, -0.05) is 18.2 Å². The second kappa shape index (κ2) is 9.72. The molecule has 0 unspecified atom stereocenters. The largest absolute Gasteiger partial charge is 0.0631 e. The minimum atomic E-state index is -3.24. The van der Waals surface area contributed by atoms with Crippen LogP contribution in [0, 0.1) is 5.92 Å². The van der Waals surface area contributed by atoms with Gasteiger partial charge >= 0.3 is 49.6 Å². The van der Waals surface area contributed by atoms with Gasteiger partial charge in [-0.3, -0.25) is 0 Å². The van der Waals surface area contributed by atoms with E-state index in [2.05, 4.69) is 91.0 Å². The van der Waals surface area contributed by atoms with Gasteiger partial charge in [0, 0.05) is 0 Å². The summed E-state index contributed by atoms with van der Waals surface area (Å²) in [5.41, 5.74) is 3.75. The Bertz CT molecular complexity index is 613. The molecule has 0 aromatic heterocycles. The van der Waals surface area contributed by atoms with Crippen molar-refractivity contribution in [1.29, 1.82) is 0 Å². The summed E-state index contributed by atoms with van der Waals surface area (Å²) in [5.74, 6) is 1.28. The molecular formula is C19H15Cl4Ga. The Morgan fingerprint density at radius 1 is 0.458 bits per heavy atom. The van der Waals surface area contributed by atoms with Gasteiger partial charge in [-0.15, -0.1) is 0 Å². The predicted molar refractivity (Wildman–Crippen MR) is 109 cm³/mol. The predicted octanol–water partition coefficient (Wildman–Crippen LogP) is 7.08. The molecule has 0 radical (unpaired) electrons. The van der Waals surface area contributed by atoms with Gasteiger partial charge in [0.15, 0.2) is 0 Å². The van der Waals surface area contributed by atoms with Gasteiger partial charge in [0.2, 0.25) is 0 Å². The quantitative estimate of drug-likeness (QED) is 0.225. The standard InChI is InChI=1S/C19H15.4ClH.Ga/c1-4-10-16(11-5-1)19(17-12-6-2-7-13-17)18-14-8-3-9-15-18;;;;;/h1-15H;4*1H;/q+1;;;;;+3/p-4. The summed E-state index contributed by atoms with van der Waals surface area (Å²) >= 11 is -3.24. The maximum absolute atomic E-state index is 5.03. The van der Waals surface area contributed by atoms with Crippen molar-refractivity contribution in [3.8, 4) is 0 Å². The van der Waals surface area contributed by atoms with Crippen LogP contribution in [0.3, 0.4) is 0 Å². The van der Waals surface area contributed by atoms with Crippen molar-refractivity contribution in [2.24, 2.45) is 0 Å². The van der Waals surface area contributed by atoms with Crippen LogP contribution >= 0.6 is 38.6 Å². The summed E-state index contributed by atoms with van der Waals surface area (Å²) in [5, 5.41) is 0. The van der Waals surface area contributed by atoms with E-state index in [9.17, 15) is 0 Å². The topological polar surface area (TPSA) is 0 Å². The van der Waals surface area contributed by atoms with Crippen LogP contribution in [0.5, 0.6) is 0 Å². The maximum Gasteiger partial charge on any atom is 0.0631 e. The van der Waals surface area contributed by atoms with Crippen LogP contribution in [-0.4, -0.2) is 11.0 Å². The third-order valence-electron chi connectivity index (χ3n) is 3.19. The zero-order valence-corrected chi connectivity index (χ0v) is 18.2. The molecule has 24 heavy (non-hydrogen) atoms. The monoisotopic (exact) mass is 452 g/mol. The van der Waals surface area contributed by atoms with Crippen molar-refractivity contribution in [3.63, 3.8) is 0 Å². The molecule has 0 aliphatic rings. The number of hydrogen-bond acceptors (Lipinski definition) is 0.